The van der Waals surface area contributed by atoms with Gasteiger partial charge in [0.2, 0.25) is 6.43 Å². The highest BCUT2D eigenvalue weighted by Crippen LogP contribution is 2.32. The molecule has 0 bridgehead atoms. The van der Waals surface area contributed by atoms with Crippen LogP contribution in [0.1, 0.15) is 32.3 Å². The molecule has 0 fully saturated rings. The third-order valence-electron chi connectivity index (χ3n) is 2.63. The summed E-state index contributed by atoms with van der Waals surface area (Å²) in [5.41, 5.74) is 4.91. The third kappa shape index (κ3) is 5.18. The van der Waals surface area contributed by atoms with E-state index in [0.29, 0.717) is 0 Å². The molecule has 1 amide bonds. The Morgan fingerprint density at radius 1 is 1.43 bits per heavy atom. The third-order valence-corrected chi connectivity index (χ3v) is 2.63. The van der Waals surface area contributed by atoms with Crippen molar-refractivity contribution in [2.24, 2.45) is 5.73 Å². The summed E-state index contributed by atoms with van der Waals surface area (Å²) >= 11 is 0. The number of anilines is 1. The van der Waals surface area contributed by atoms with Gasteiger partial charge in [-0.2, -0.15) is 0 Å². The summed E-state index contributed by atoms with van der Waals surface area (Å²) in [6, 6.07) is 3.90. The van der Waals surface area contributed by atoms with Gasteiger partial charge in [0.25, 0.3) is 0 Å². The lowest BCUT2D eigenvalue weighted by molar-refractivity contribution is 0.0636. The molecule has 1 aromatic rings. The quantitative estimate of drug-likeness (QED) is 0.798. The molecule has 0 aliphatic rings. The number of hydrogen-bond donors (Lipinski definition) is 3. The van der Waals surface area contributed by atoms with E-state index < -0.39 is 24.0 Å². The van der Waals surface area contributed by atoms with E-state index in [4.69, 9.17) is 10.5 Å². The molecule has 5 nitrogen and oxygen atoms in total. The second-order valence-corrected chi connectivity index (χ2v) is 5.58. The van der Waals surface area contributed by atoms with E-state index in [2.05, 4.69) is 5.32 Å². The topological polar surface area (TPSA) is 84.6 Å². The number of rotatable bonds is 4. The smallest absolute Gasteiger partial charge is 0.412 e. The van der Waals surface area contributed by atoms with Gasteiger partial charge in [0.1, 0.15) is 11.4 Å². The van der Waals surface area contributed by atoms with Gasteiger partial charge in [-0.15, -0.1) is 0 Å². The minimum Gasteiger partial charge on any atom is -0.508 e. The van der Waals surface area contributed by atoms with Crippen LogP contribution in [0.3, 0.4) is 0 Å². The maximum absolute atomic E-state index is 12.8. The molecule has 1 unspecified atom stereocenters. The number of nitrogens with two attached hydrogens (primary N) is 1. The van der Waals surface area contributed by atoms with Crippen LogP contribution in [-0.2, 0) is 4.74 Å². The number of alkyl halides is 2. The number of phenols is 1. The lowest BCUT2D eigenvalue weighted by Gasteiger charge is -2.20. The van der Waals surface area contributed by atoms with E-state index in [1.165, 1.54) is 18.2 Å². The van der Waals surface area contributed by atoms with Gasteiger partial charge in [-0.05, 0) is 26.8 Å². The Bertz CT molecular complexity index is 501. The second-order valence-electron chi connectivity index (χ2n) is 5.58. The molecular formula is C14H20F2N2O3. The van der Waals surface area contributed by atoms with Crippen molar-refractivity contribution >= 4 is 11.8 Å². The first-order valence-corrected chi connectivity index (χ1v) is 6.45. The van der Waals surface area contributed by atoms with Crippen LogP contribution in [0.15, 0.2) is 18.2 Å². The van der Waals surface area contributed by atoms with Crippen molar-refractivity contribution in [3.05, 3.63) is 23.8 Å². The van der Waals surface area contributed by atoms with Crippen molar-refractivity contribution in [2.45, 2.75) is 38.7 Å². The fourth-order valence-corrected chi connectivity index (χ4v) is 1.72. The van der Waals surface area contributed by atoms with E-state index in [-0.39, 0.29) is 23.5 Å². The van der Waals surface area contributed by atoms with Crippen LogP contribution in [0.5, 0.6) is 5.75 Å². The molecule has 0 saturated carbocycles. The number of carbonyl (C=O) groups is 1. The molecule has 0 saturated heterocycles. The van der Waals surface area contributed by atoms with Crippen molar-refractivity contribution in [2.75, 3.05) is 11.9 Å². The van der Waals surface area contributed by atoms with Crippen LogP contribution in [0.4, 0.5) is 19.3 Å². The Labute approximate surface area is 122 Å². The zero-order valence-electron chi connectivity index (χ0n) is 12.2. The van der Waals surface area contributed by atoms with Gasteiger partial charge in [-0.3, -0.25) is 5.32 Å². The fraction of sp³-hybridized carbons (Fsp3) is 0.500. The summed E-state index contributed by atoms with van der Waals surface area (Å²) in [5.74, 6) is -1.60. The number of hydrogen-bond acceptors (Lipinski definition) is 4. The first-order chi connectivity index (χ1) is 9.64. The predicted octanol–water partition coefficient (Wildman–Crippen LogP) is 3.05. The fourth-order valence-electron chi connectivity index (χ4n) is 1.72. The zero-order valence-corrected chi connectivity index (χ0v) is 12.2. The Morgan fingerprint density at radius 2 is 2.05 bits per heavy atom. The SMILES string of the molecule is CC(C)(C)OC(=O)Nc1ccc(C(CN)C(F)F)c(O)c1. The lowest BCUT2D eigenvalue weighted by Crippen LogP contribution is -2.27. The number of aromatic hydroxyl groups is 1. The largest absolute Gasteiger partial charge is 0.508 e. The molecule has 7 heteroatoms. The van der Waals surface area contributed by atoms with E-state index in [0.717, 1.165) is 0 Å². The summed E-state index contributed by atoms with van der Waals surface area (Å²) in [6.45, 7) is 4.84. The number of phenolic OH excluding ortho intramolecular Hbond substituents is 1. The molecule has 1 atom stereocenters. The monoisotopic (exact) mass is 302 g/mol. The normalized spacial score (nSPS) is 13.1. The Morgan fingerprint density at radius 3 is 2.48 bits per heavy atom. The number of nitrogens with one attached hydrogen (secondary N) is 1. The molecular weight excluding hydrogens is 282 g/mol. The Kier molecular flexibility index (Phi) is 5.48. The summed E-state index contributed by atoms with van der Waals surface area (Å²) in [7, 11) is 0. The number of benzene rings is 1. The highest BCUT2D eigenvalue weighted by atomic mass is 19.3. The van der Waals surface area contributed by atoms with Crippen LogP contribution in [-0.4, -0.2) is 29.8 Å². The number of carbonyl (C=O) groups excluding carboxylic acids is 1. The molecule has 4 N–H and O–H groups in total. The van der Waals surface area contributed by atoms with Crippen LogP contribution in [0.2, 0.25) is 0 Å². The minimum absolute atomic E-state index is 0.0437. The average Bonchev–Trinajstić information content (AvgIpc) is 2.29. The van der Waals surface area contributed by atoms with Crippen LogP contribution in [0.25, 0.3) is 0 Å². The van der Waals surface area contributed by atoms with Crippen molar-refractivity contribution in [1.82, 2.24) is 0 Å². The lowest BCUT2D eigenvalue weighted by atomic mass is 9.98. The summed E-state index contributed by atoms with van der Waals surface area (Å²) < 4.78 is 30.6. The van der Waals surface area contributed by atoms with Gasteiger partial charge in [-0.1, -0.05) is 6.07 Å². The molecule has 21 heavy (non-hydrogen) atoms. The summed E-state index contributed by atoms with van der Waals surface area (Å²) in [5, 5.41) is 12.2. The molecule has 1 aromatic carbocycles. The first-order valence-electron chi connectivity index (χ1n) is 6.45. The molecule has 0 aliphatic heterocycles. The Hall–Kier alpha value is -1.89. The van der Waals surface area contributed by atoms with Gasteiger partial charge >= 0.3 is 6.09 Å². The molecule has 0 heterocycles. The van der Waals surface area contributed by atoms with E-state index in [1.54, 1.807) is 20.8 Å². The van der Waals surface area contributed by atoms with Gasteiger partial charge in [-0.25, -0.2) is 13.6 Å². The number of halogens is 2. The average molecular weight is 302 g/mol. The van der Waals surface area contributed by atoms with Gasteiger partial charge < -0.3 is 15.6 Å². The van der Waals surface area contributed by atoms with Crippen LogP contribution in [0, 0.1) is 0 Å². The standard InChI is InChI=1S/C14H20F2N2O3/c1-14(2,3)21-13(20)18-8-4-5-9(11(19)6-8)10(7-17)12(15)16/h4-6,10,12,19H,7,17H2,1-3H3,(H,18,20). The predicted molar refractivity (Wildman–Crippen MR) is 75.8 cm³/mol. The molecule has 0 spiro atoms. The van der Waals surface area contributed by atoms with E-state index >= 15 is 0 Å². The Balaban J connectivity index is 2.85. The summed E-state index contributed by atoms with van der Waals surface area (Å²) in [6.07, 6.45) is -3.37. The molecule has 1 rings (SSSR count). The zero-order chi connectivity index (χ0) is 16.2. The van der Waals surface area contributed by atoms with Crippen LogP contribution >= 0.6 is 0 Å². The van der Waals surface area contributed by atoms with Crippen LogP contribution < -0.4 is 11.1 Å². The minimum atomic E-state index is -2.68. The molecule has 0 aromatic heterocycles. The number of amides is 1. The van der Waals surface area contributed by atoms with E-state index in [9.17, 15) is 18.7 Å². The van der Waals surface area contributed by atoms with Crippen molar-refractivity contribution in [3.8, 4) is 5.75 Å². The highest BCUT2D eigenvalue weighted by Gasteiger charge is 2.24. The molecule has 118 valence electrons. The summed E-state index contributed by atoms with van der Waals surface area (Å²) in [4.78, 5) is 11.6. The van der Waals surface area contributed by atoms with Gasteiger partial charge in [0, 0.05) is 23.9 Å². The second kappa shape index (κ2) is 6.71. The van der Waals surface area contributed by atoms with Gasteiger partial charge in [0.15, 0.2) is 0 Å². The molecule has 0 aliphatic carbocycles. The van der Waals surface area contributed by atoms with Gasteiger partial charge in [0.05, 0.1) is 5.92 Å². The number of ether oxygens (including phenoxy) is 1. The van der Waals surface area contributed by atoms with E-state index in [1.807, 2.05) is 0 Å². The maximum Gasteiger partial charge on any atom is 0.412 e. The van der Waals surface area contributed by atoms with Crippen molar-refractivity contribution in [3.63, 3.8) is 0 Å². The highest BCUT2D eigenvalue weighted by molar-refractivity contribution is 5.85. The van der Waals surface area contributed by atoms with Crippen molar-refractivity contribution < 1.29 is 23.4 Å². The maximum atomic E-state index is 12.8. The molecule has 0 radical (unpaired) electrons. The first kappa shape index (κ1) is 17.2. The van der Waals surface area contributed by atoms with Crippen molar-refractivity contribution in [1.29, 1.82) is 0 Å².